The van der Waals surface area contributed by atoms with Gasteiger partial charge in [0.1, 0.15) is 0 Å². The second kappa shape index (κ2) is 6.26. The largest absolute Gasteiger partial charge is 0.377 e. The molecule has 0 aliphatic heterocycles. The maximum atomic E-state index is 4.90. The van der Waals surface area contributed by atoms with Crippen LogP contribution in [0.3, 0.4) is 0 Å². The second-order valence-electron chi connectivity index (χ2n) is 1.14. The van der Waals surface area contributed by atoms with Gasteiger partial charge in [0.2, 0.25) is 0 Å². The van der Waals surface area contributed by atoms with Gasteiger partial charge in [-0.1, -0.05) is 12.0 Å². The molecule has 1 nitrogen and oxygen atoms in total. The average Bonchev–Trinajstić information content (AvgIpc) is 1.81. The molecular formula is C7H9O. The fraction of sp³-hybridized carbons (Fsp3) is 0.286. The summed E-state index contributed by atoms with van der Waals surface area (Å²) in [7, 11) is 0. The predicted octanol–water partition coefficient (Wildman–Crippen LogP) is 1.03. The molecule has 0 aliphatic rings. The summed E-state index contributed by atoms with van der Waals surface area (Å²) in [5.74, 6) is 2.35. The first kappa shape index (κ1) is 7.26. The quantitative estimate of drug-likeness (QED) is 0.388. The van der Waals surface area contributed by atoms with Gasteiger partial charge in [-0.25, -0.2) is 0 Å². The van der Waals surface area contributed by atoms with Gasteiger partial charge < -0.3 is 4.74 Å². The Kier molecular flexibility index (Phi) is 5.68. The Hall–Kier alpha value is -0.740. The first-order valence-electron chi connectivity index (χ1n) is 2.40. The van der Waals surface area contributed by atoms with Crippen LogP contribution in [0.2, 0.25) is 0 Å². The summed E-state index contributed by atoms with van der Waals surface area (Å²) in [6, 6.07) is 0. The number of ether oxygens (including phenoxy) is 1. The van der Waals surface area contributed by atoms with Crippen molar-refractivity contribution in [3.8, 4) is 12.3 Å². The SMILES string of the molecule is C#C/C=C/COC[CH2]. The van der Waals surface area contributed by atoms with Crippen LogP contribution in [0, 0.1) is 19.3 Å². The van der Waals surface area contributed by atoms with Crippen LogP contribution in [0.4, 0.5) is 0 Å². The fourth-order valence-electron chi connectivity index (χ4n) is 0.268. The summed E-state index contributed by atoms with van der Waals surface area (Å²) in [4.78, 5) is 0. The van der Waals surface area contributed by atoms with Crippen LogP contribution in [0.5, 0.6) is 0 Å². The van der Waals surface area contributed by atoms with Crippen molar-refractivity contribution < 1.29 is 4.74 Å². The Labute approximate surface area is 50.4 Å². The van der Waals surface area contributed by atoms with E-state index in [0.717, 1.165) is 0 Å². The Bertz CT molecular complexity index is 97.4. The van der Waals surface area contributed by atoms with Crippen molar-refractivity contribution in [3.05, 3.63) is 19.1 Å². The monoisotopic (exact) mass is 109 g/mol. The molecule has 0 amide bonds. The zero-order valence-electron chi connectivity index (χ0n) is 4.76. The van der Waals surface area contributed by atoms with E-state index in [9.17, 15) is 0 Å². The Morgan fingerprint density at radius 3 is 3.00 bits per heavy atom. The van der Waals surface area contributed by atoms with Gasteiger partial charge in [0.15, 0.2) is 0 Å². The molecule has 0 aliphatic carbocycles. The van der Waals surface area contributed by atoms with Gasteiger partial charge in [0, 0.05) is 6.61 Å². The summed E-state index contributed by atoms with van der Waals surface area (Å²) in [5, 5.41) is 0. The molecule has 0 aromatic heterocycles. The number of rotatable bonds is 3. The molecule has 0 bridgehead atoms. The normalized spacial score (nSPS) is 9.50. The topological polar surface area (TPSA) is 9.23 Å². The third kappa shape index (κ3) is 5.26. The van der Waals surface area contributed by atoms with Gasteiger partial charge in [-0.15, -0.1) is 6.42 Å². The number of terminal acetylenes is 1. The molecule has 0 spiro atoms. The Morgan fingerprint density at radius 2 is 2.50 bits per heavy atom. The number of hydrogen-bond acceptors (Lipinski definition) is 1. The van der Waals surface area contributed by atoms with Gasteiger partial charge in [-0.2, -0.15) is 0 Å². The minimum atomic E-state index is 0.495. The van der Waals surface area contributed by atoms with Crippen LogP contribution in [0.1, 0.15) is 0 Å². The summed E-state index contributed by atoms with van der Waals surface area (Å²) < 4.78 is 4.84. The van der Waals surface area contributed by atoms with Crippen molar-refractivity contribution in [3.63, 3.8) is 0 Å². The highest BCUT2D eigenvalue weighted by Gasteiger charge is 1.71. The second-order valence-corrected chi connectivity index (χ2v) is 1.14. The van der Waals surface area contributed by atoms with Crippen molar-refractivity contribution in [1.82, 2.24) is 0 Å². The van der Waals surface area contributed by atoms with Gasteiger partial charge in [-0.3, -0.25) is 0 Å². The Morgan fingerprint density at radius 1 is 1.75 bits per heavy atom. The smallest absolute Gasteiger partial charge is 0.0656 e. The summed E-state index contributed by atoms with van der Waals surface area (Å²) in [5.41, 5.74) is 0. The lowest BCUT2D eigenvalue weighted by atomic mass is 10.5. The average molecular weight is 109 g/mol. The van der Waals surface area contributed by atoms with Gasteiger partial charge in [0.25, 0.3) is 0 Å². The molecule has 0 saturated heterocycles. The highest BCUT2D eigenvalue weighted by Crippen LogP contribution is 1.73. The third-order valence-electron chi connectivity index (χ3n) is 0.572. The molecule has 0 fully saturated rings. The summed E-state index contributed by atoms with van der Waals surface area (Å²) >= 11 is 0. The molecule has 1 radical (unpaired) electrons. The van der Waals surface area contributed by atoms with E-state index < -0.39 is 0 Å². The molecule has 0 heterocycles. The zero-order valence-corrected chi connectivity index (χ0v) is 4.76. The van der Waals surface area contributed by atoms with Gasteiger partial charge in [-0.05, 0) is 13.0 Å². The molecule has 0 rings (SSSR count). The van der Waals surface area contributed by atoms with Crippen molar-refractivity contribution in [2.24, 2.45) is 0 Å². The lowest BCUT2D eigenvalue weighted by molar-refractivity contribution is 0.192. The maximum Gasteiger partial charge on any atom is 0.0656 e. The molecule has 0 unspecified atom stereocenters. The van der Waals surface area contributed by atoms with E-state index >= 15 is 0 Å². The minimum Gasteiger partial charge on any atom is -0.377 e. The molecule has 1 heteroatoms. The molecule has 8 heavy (non-hydrogen) atoms. The first-order chi connectivity index (χ1) is 3.91. The highest BCUT2D eigenvalue weighted by molar-refractivity contribution is 5.08. The van der Waals surface area contributed by atoms with Crippen LogP contribution in [0.15, 0.2) is 12.2 Å². The van der Waals surface area contributed by atoms with Crippen LogP contribution in [0.25, 0.3) is 0 Å². The van der Waals surface area contributed by atoms with Crippen molar-refractivity contribution >= 4 is 0 Å². The lowest BCUT2D eigenvalue weighted by Gasteiger charge is -1.89. The van der Waals surface area contributed by atoms with E-state index in [0.29, 0.717) is 13.2 Å². The van der Waals surface area contributed by atoms with Gasteiger partial charge >= 0.3 is 0 Å². The zero-order chi connectivity index (χ0) is 6.24. The summed E-state index contributed by atoms with van der Waals surface area (Å²) in [6.07, 6.45) is 8.28. The van der Waals surface area contributed by atoms with E-state index in [2.05, 4.69) is 12.8 Å². The van der Waals surface area contributed by atoms with Crippen LogP contribution >= 0.6 is 0 Å². The van der Waals surface area contributed by atoms with E-state index in [1.165, 1.54) is 0 Å². The van der Waals surface area contributed by atoms with E-state index in [1.54, 1.807) is 12.2 Å². The van der Waals surface area contributed by atoms with Crippen LogP contribution in [-0.2, 0) is 4.74 Å². The first-order valence-corrected chi connectivity index (χ1v) is 2.40. The minimum absolute atomic E-state index is 0.495. The molecule has 0 saturated carbocycles. The Balaban J connectivity index is 2.94. The maximum absolute atomic E-state index is 4.90. The fourth-order valence-corrected chi connectivity index (χ4v) is 0.268. The summed E-state index contributed by atoms with van der Waals surface area (Å²) in [6.45, 7) is 4.53. The molecule has 0 aromatic rings. The lowest BCUT2D eigenvalue weighted by Crippen LogP contribution is -1.87. The highest BCUT2D eigenvalue weighted by atomic mass is 16.5. The predicted molar refractivity (Wildman–Crippen MR) is 34.1 cm³/mol. The van der Waals surface area contributed by atoms with E-state index in [-0.39, 0.29) is 0 Å². The molecular weight excluding hydrogens is 100 g/mol. The van der Waals surface area contributed by atoms with Crippen LogP contribution < -0.4 is 0 Å². The molecule has 0 atom stereocenters. The molecule has 43 valence electrons. The van der Waals surface area contributed by atoms with Crippen molar-refractivity contribution in [2.45, 2.75) is 0 Å². The standard InChI is InChI=1S/C7H9O/c1-3-5-6-7-8-4-2/h1,5-6H,2,4,7H2/b6-5+. The van der Waals surface area contributed by atoms with Crippen molar-refractivity contribution in [2.75, 3.05) is 13.2 Å². The number of hydrogen-bond donors (Lipinski definition) is 0. The molecule has 0 N–H and O–H groups in total. The number of allylic oxidation sites excluding steroid dienone is 1. The van der Waals surface area contributed by atoms with Gasteiger partial charge in [0.05, 0.1) is 6.61 Å². The van der Waals surface area contributed by atoms with E-state index in [4.69, 9.17) is 11.2 Å². The molecule has 0 aromatic carbocycles. The van der Waals surface area contributed by atoms with E-state index in [1.807, 2.05) is 0 Å². The third-order valence-corrected chi connectivity index (χ3v) is 0.572. The van der Waals surface area contributed by atoms with Crippen LogP contribution in [-0.4, -0.2) is 13.2 Å². The van der Waals surface area contributed by atoms with Crippen molar-refractivity contribution in [1.29, 1.82) is 0 Å².